The van der Waals surface area contributed by atoms with Crippen molar-refractivity contribution in [2.45, 2.75) is 44.9 Å². The average Bonchev–Trinajstić information content (AvgIpc) is 2.64. The first-order chi connectivity index (χ1) is 9.75. The Morgan fingerprint density at radius 2 is 1.95 bits per heavy atom. The number of nitrogens with zero attached hydrogens (tertiary/aromatic N) is 1. The van der Waals surface area contributed by atoms with E-state index in [2.05, 4.69) is 4.98 Å². The molecule has 1 aliphatic heterocycles. The topological polar surface area (TPSA) is 77.6 Å². The van der Waals surface area contributed by atoms with Gasteiger partial charge in [0.2, 0.25) is 0 Å². The number of pyridine rings is 1. The molecular formula is C15H23BN2O3. The fraction of sp³-hybridized carbons (Fsp3) is 0.533. The first kappa shape index (κ1) is 16.2. The molecule has 0 spiro atoms. The number of aromatic nitrogens is 1. The largest absolute Gasteiger partial charge is 0.487 e. The molecule has 0 saturated carbocycles. The Morgan fingerprint density at radius 1 is 1.33 bits per heavy atom. The Balaban J connectivity index is 2.09. The summed E-state index contributed by atoms with van der Waals surface area (Å²) in [6.45, 7) is 7.96. The summed E-state index contributed by atoms with van der Waals surface area (Å²) in [5, 5.41) is 9.09. The lowest BCUT2D eigenvalue weighted by atomic mass is 9.89. The molecule has 5 nitrogen and oxygen atoms in total. The minimum Gasteiger partial charge on any atom is -0.400 e. The van der Waals surface area contributed by atoms with Crippen LogP contribution in [0.5, 0.6) is 0 Å². The standard InChI is InChI=1S/C15H23BN2O3/c1-14(2)15(3,4)21-16(20-14)7-5-12-9-11(6-8-18-12)13(17)10-19/h5-9,13,19H,10,17H2,1-4H3/b7-5+/t13-/m1/s1. The minimum atomic E-state index is -0.396. The number of nitrogens with two attached hydrogens (primary N) is 1. The van der Waals surface area contributed by atoms with Crippen LogP contribution in [0.3, 0.4) is 0 Å². The van der Waals surface area contributed by atoms with Gasteiger partial charge in [-0.3, -0.25) is 4.98 Å². The second-order valence-electron chi connectivity index (χ2n) is 6.29. The van der Waals surface area contributed by atoms with Crippen molar-refractivity contribution in [2.24, 2.45) is 5.73 Å². The minimum absolute atomic E-state index is 0.0929. The number of hydrogen-bond acceptors (Lipinski definition) is 5. The van der Waals surface area contributed by atoms with Gasteiger partial charge in [0.05, 0.1) is 29.5 Å². The third kappa shape index (κ3) is 3.52. The molecule has 0 aromatic carbocycles. The second-order valence-corrected chi connectivity index (χ2v) is 6.29. The van der Waals surface area contributed by atoms with Crippen molar-refractivity contribution in [3.05, 3.63) is 35.6 Å². The van der Waals surface area contributed by atoms with Crippen LogP contribution >= 0.6 is 0 Å². The van der Waals surface area contributed by atoms with Gasteiger partial charge in [-0.25, -0.2) is 0 Å². The molecular weight excluding hydrogens is 267 g/mol. The summed E-state index contributed by atoms with van der Waals surface area (Å²) >= 11 is 0. The molecule has 21 heavy (non-hydrogen) atoms. The quantitative estimate of drug-likeness (QED) is 0.826. The van der Waals surface area contributed by atoms with Crippen LogP contribution in [0.4, 0.5) is 0 Å². The molecule has 3 N–H and O–H groups in total. The summed E-state index contributed by atoms with van der Waals surface area (Å²) in [6, 6.07) is 3.26. The van der Waals surface area contributed by atoms with E-state index < -0.39 is 13.2 Å². The molecule has 0 amide bonds. The van der Waals surface area contributed by atoms with Crippen molar-refractivity contribution in [1.82, 2.24) is 4.98 Å². The van der Waals surface area contributed by atoms with Gasteiger partial charge in [-0.05, 0) is 51.5 Å². The van der Waals surface area contributed by atoms with Crippen molar-refractivity contribution < 1.29 is 14.4 Å². The molecule has 1 atom stereocenters. The number of aliphatic hydroxyl groups is 1. The van der Waals surface area contributed by atoms with E-state index in [0.717, 1.165) is 11.3 Å². The molecule has 1 saturated heterocycles. The maximum absolute atomic E-state index is 9.09. The Morgan fingerprint density at radius 3 is 2.52 bits per heavy atom. The molecule has 1 fully saturated rings. The van der Waals surface area contributed by atoms with Gasteiger partial charge in [0.1, 0.15) is 0 Å². The van der Waals surface area contributed by atoms with E-state index >= 15 is 0 Å². The summed E-state index contributed by atoms with van der Waals surface area (Å²) in [6.07, 6.45) is 3.52. The Hall–Kier alpha value is -1.21. The summed E-state index contributed by atoms with van der Waals surface area (Å²) in [5.74, 6) is 1.84. The summed E-state index contributed by atoms with van der Waals surface area (Å²) in [7, 11) is -0.396. The number of hydrogen-bond donors (Lipinski definition) is 2. The molecule has 1 aliphatic rings. The highest BCUT2D eigenvalue weighted by atomic mass is 16.7. The lowest BCUT2D eigenvalue weighted by Crippen LogP contribution is -2.41. The lowest BCUT2D eigenvalue weighted by Gasteiger charge is -2.32. The van der Waals surface area contributed by atoms with Gasteiger partial charge in [-0.1, -0.05) is 5.98 Å². The molecule has 6 heteroatoms. The molecule has 114 valence electrons. The molecule has 0 radical (unpaired) electrons. The Bertz CT molecular complexity index is 515. The summed E-state index contributed by atoms with van der Waals surface area (Å²) in [4.78, 5) is 4.25. The normalized spacial score (nSPS) is 21.9. The Labute approximate surface area is 126 Å². The van der Waals surface area contributed by atoms with E-state index in [0.29, 0.717) is 0 Å². The molecule has 1 aromatic rings. The third-order valence-electron chi connectivity index (χ3n) is 4.13. The predicted octanol–water partition coefficient (Wildman–Crippen LogP) is 1.72. The maximum Gasteiger partial charge on any atom is 0.487 e. The Kier molecular flexibility index (Phi) is 4.53. The van der Waals surface area contributed by atoms with Crippen LogP contribution in [0.1, 0.15) is 45.0 Å². The molecule has 0 unspecified atom stereocenters. The van der Waals surface area contributed by atoms with Crippen LogP contribution < -0.4 is 5.73 Å². The van der Waals surface area contributed by atoms with Crippen molar-refractivity contribution in [2.75, 3.05) is 6.61 Å². The lowest BCUT2D eigenvalue weighted by molar-refractivity contribution is 0.00578. The van der Waals surface area contributed by atoms with Crippen LogP contribution in [-0.2, 0) is 9.31 Å². The zero-order chi connectivity index (χ0) is 15.7. The highest BCUT2D eigenvalue weighted by Gasteiger charge is 2.49. The number of aliphatic hydroxyl groups excluding tert-OH is 1. The van der Waals surface area contributed by atoms with Crippen molar-refractivity contribution >= 4 is 13.2 Å². The SMILES string of the molecule is CC1(C)OB(/C=C/c2cc([C@H](N)CO)ccn2)OC1(C)C. The van der Waals surface area contributed by atoms with Crippen LogP contribution in [0.15, 0.2) is 24.3 Å². The summed E-state index contributed by atoms with van der Waals surface area (Å²) in [5.41, 5.74) is 6.70. The maximum atomic E-state index is 9.09. The first-order valence-electron chi connectivity index (χ1n) is 7.11. The van der Waals surface area contributed by atoms with Crippen molar-refractivity contribution in [3.8, 4) is 0 Å². The predicted molar refractivity (Wildman–Crippen MR) is 83.4 cm³/mol. The fourth-order valence-corrected chi connectivity index (χ4v) is 2.04. The van der Waals surface area contributed by atoms with Crippen LogP contribution in [0, 0.1) is 0 Å². The molecule has 2 heterocycles. The van der Waals surface area contributed by atoms with Gasteiger partial charge in [-0.15, -0.1) is 0 Å². The summed E-state index contributed by atoms with van der Waals surface area (Å²) < 4.78 is 11.8. The first-order valence-corrected chi connectivity index (χ1v) is 7.11. The van der Waals surface area contributed by atoms with E-state index in [1.54, 1.807) is 12.3 Å². The zero-order valence-corrected chi connectivity index (χ0v) is 13.0. The van der Waals surface area contributed by atoms with Crippen LogP contribution in [0.25, 0.3) is 6.08 Å². The molecule has 1 aromatic heterocycles. The van der Waals surface area contributed by atoms with Gasteiger partial charge < -0.3 is 20.1 Å². The van der Waals surface area contributed by atoms with Crippen LogP contribution in [-0.4, -0.2) is 35.0 Å². The number of rotatable bonds is 4. The highest BCUT2D eigenvalue weighted by molar-refractivity contribution is 6.52. The van der Waals surface area contributed by atoms with Gasteiger partial charge in [0.15, 0.2) is 0 Å². The van der Waals surface area contributed by atoms with Gasteiger partial charge in [-0.2, -0.15) is 0 Å². The van der Waals surface area contributed by atoms with Gasteiger partial charge in [0.25, 0.3) is 0 Å². The highest BCUT2D eigenvalue weighted by Crippen LogP contribution is 2.36. The van der Waals surface area contributed by atoms with E-state index in [1.807, 2.05) is 45.8 Å². The smallest absolute Gasteiger partial charge is 0.400 e. The molecule has 0 bridgehead atoms. The van der Waals surface area contributed by atoms with E-state index in [-0.39, 0.29) is 17.8 Å². The van der Waals surface area contributed by atoms with E-state index in [1.165, 1.54) is 0 Å². The van der Waals surface area contributed by atoms with Crippen molar-refractivity contribution in [1.29, 1.82) is 0 Å². The van der Waals surface area contributed by atoms with E-state index in [4.69, 9.17) is 20.1 Å². The van der Waals surface area contributed by atoms with Gasteiger partial charge >= 0.3 is 7.12 Å². The monoisotopic (exact) mass is 290 g/mol. The third-order valence-corrected chi connectivity index (χ3v) is 4.13. The van der Waals surface area contributed by atoms with Gasteiger partial charge in [0, 0.05) is 6.20 Å². The van der Waals surface area contributed by atoms with E-state index in [9.17, 15) is 0 Å². The molecule has 2 rings (SSSR count). The van der Waals surface area contributed by atoms with Crippen LogP contribution in [0.2, 0.25) is 0 Å². The zero-order valence-electron chi connectivity index (χ0n) is 13.0. The molecule has 0 aliphatic carbocycles. The second kappa shape index (κ2) is 5.89. The average molecular weight is 290 g/mol. The van der Waals surface area contributed by atoms with Crippen molar-refractivity contribution in [3.63, 3.8) is 0 Å². The fourth-order valence-electron chi connectivity index (χ4n) is 2.04.